The predicted octanol–water partition coefficient (Wildman–Crippen LogP) is 3.01. The molecule has 0 bridgehead atoms. The highest BCUT2D eigenvalue weighted by atomic mass is 16.2. The molecule has 2 aliphatic rings. The zero-order valence-electron chi connectivity index (χ0n) is 22.4. The van der Waals surface area contributed by atoms with Gasteiger partial charge < -0.3 is 25.5 Å². The SMILES string of the molecule is Cc1cc(C(=O)N2Cc3cnn(C)c3Nc3ccccc32)ccc1CNC(=O)N1CCN(C/C=C/CO)CC1. The van der Waals surface area contributed by atoms with Crippen LogP contribution in [-0.2, 0) is 20.1 Å². The molecule has 0 spiro atoms. The van der Waals surface area contributed by atoms with E-state index >= 15 is 0 Å². The average Bonchev–Trinajstić information content (AvgIpc) is 3.19. The van der Waals surface area contributed by atoms with Crippen molar-refractivity contribution in [3.8, 4) is 0 Å². The third-order valence-electron chi connectivity index (χ3n) is 7.35. The van der Waals surface area contributed by atoms with Gasteiger partial charge in [0.1, 0.15) is 5.82 Å². The van der Waals surface area contributed by atoms with Crippen molar-refractivity contribution >= 4 is 29.1 Å². The van der Waals surface area contributed by atoms with E-state index in [1.807, 2.05) is 67.4 Å². The lowest BCUT2D eigenvalue weighted by Crippen LogP contribution is -2.51. The number of benzene rings is 2. The molecule has 3 amide bonds. The van der Waals surface area contributed by atoms with Gasteiger partial charge in [0, 0.05) is 57.4 Å². The molecule has 2 aromatic carbocycles. The fourth-order valence-electron chi connectivity index (χ4n) is 5.04. The number of rotatable bonds is 6. The van der Waals surface area contributed by atoms with E-state index < -0.39 is 0 Å². The summed E-state index contributed by atoms with van der Waals surface area (Å²) >= 11 is 0. The van der Waals surface area contributed by atoms with Crippen molar-refractivity contribution in [3.05, 3.63) is 83.1 Å². The van der Waals surface area contributed by atoms with Crippen LogP contribution in [0.1, 0.15) is 27.0 Å². The summed E-state index contributed by atoms with van der Waals surface area (Å²) in [6.07, 6.45) is 5.48. The van der Waals surface area contributed by atoms with Crippen molar-refractivity contribution in [2.75, 3.05) is 49.5 Å². The molecular weight excluding hydrogens is 494 g/mol. The Bertz CT molecular complexity index is 1370. The molecule has 204 valence electrons. The number of carbonyl (C=O) groups is 2. The number of hydrogen-bond acceptors (Lipinski definition) is 6. The number of aliphatic hydroxyl groups excluding tert-OH is 1. The van der Waals surface area contributed by atoms with Crippen LogP contribution in [0, 0.1) is 6.92 Å². The molecule has 0 unspecified atom stereocenters. The molecule has 3 heterocycles. The molecule has 3 N–H and O–H groups in total. The summed E-state index contributed by atoms with van der Waals surface area (Å²) in [5.74, 6) is 0.784. The van der Waals surface area contributed by atoms with Crippen LogP contribution in [-0.4, -0.2) is 76.0 Å². The highest BCUT2D eigenvalue weighted by molar-refractivity contribution is 6.08. The lowest BCUT2D eigenvalue weighted by molar-refractivity contribution is 0.0985. The Morgan fingerprint density at radius 1 is 1.10 bits per heavy atom. The fourth-order valence-corrected chi connectivity index (χ4v) is 5.04. The molecule has 5 rings (SSSR count). The maximum atomic E-state index is 13.8. The van der Waals surface area contributed by atoms with Crippen molar-refractivity contribution in [2.45, 2.75) is 20.0 Å². The second-order valence-corrected chi connectivity index (χ2v) is 9.92. The Balaban J connectivity index is 1.23. The minimum Gasteiger partial charge on any atom is -0.392 e. The molecule has 0 aliphatic carbocycles. The predicted molar refractivity (Wildman–Crippen MR) is 151 cm³/mol. The monoisotopic (exact) mass is 529 g/mol. The minimum atomic E-state index is -0.0913. The van der Waals surface area contributed by atoms with Gasteiger partial charge in [0.05, 0.1) is 30.7 Å². The highest BCUT2D eigenvalue weighted by Gasteiger charge is 2.27. The number of aromatic nitrogens is 2. The van der Waals surface area contributed by atoms with Crippen LogP contribution < -0.4 is 15.5 Å². The summed E-state index contributed by atoms with van der Waals surface area (Å²) in [6, 6.07) is 13.4. The molecule has 3 aromatic rings. The summed E-state index contributed by atoms with van der Waals surface area (Å²) in [6.45, 7) is 6.53. The standard InChI is InChI=1S/C29H35N7O3/c1-21-17-22(9-10-23(21)18-30-29(39)35-14-12-34(13-15-35)11-5-6-16-37)28(38)36-20-24-19-31-33(2)27(24)32-25-7-3-4-8-26(25)36/h3-10,17,19,32,37H,11-16,18,20H2,1-2H3,(H,30,39)/b6-5+. The van der Waals surface area contributed by atoms with Gasteiger partial charge in [-0.15, -0.1) is 0 Å². The van der Waals surface area contributed by atoms with E-state index in [-0.39, 0.29) is 18.5 Å². The van der Waals surface area contributed by atoms with Gasteiger partial charge in [0.15, 0.2) is 0 Å². The quantitative estimate of drug-likeness (QED) is 0.424. The zero-order valence-corrected chi connectivity index (χ0v) is 22.4. The zero-order chi connectivity index (χ0) is 27.4. The number of fused-ring (bicyclic) bond motifs is 2. The number of carbonyl (C=O) groups excluding carboxylic acids is 2. The summed E-state index contributed by atoms with van der Waals surface area (Å²) < 4.78 is 1.78. The van der Waals surface area contributed by atoms with Crippen molar-refractivity contribution in [2.24, 2.45) is 7.05 Å². The summed E-state index contributed by atoms with van der Waals surface area (Å²) in [4.78, 5) is 32.4. The van der Waals surface area contributed by atoms with E-state index in [1.165, 1.54) is 0 Å². The van der Waals surface area contributed by atoms with E-state index in [9.17, 15) is 9.59 Å². The molecule has 0 atom stereocenters. The third-order valence-corrected chi connectivity index (χ3v) is 7.35. The maximum absolute atomic E-state index is 13.8. The number of urea groups is 1. The molecule has 2 aliphatic heterocycles. The number of aliphatic hydroxyl groups is 1. The molecular formula is C29H35N7O3. The van der Waals surface area contributed by atoms with Crippen molar-refractivity contribution in [1.82, 2.24) is 24.9 Å². The van der Waals surface area contributed by atoms with Gasteiger partial charge in [-0.05, 0) is 42.3 Å². The number of hydrogen-bond donors (Lipinski definition) is 3. The third kappa shape index (κ3) is 5.81. The molecule has 1 saturated heterocycles. The van der Waals surface area contributed by atoms with Gasteiger partial charge in [-0.3, -0.25) is 14.4 Å². The highest BCUT2D eigenvalue weighted by Crippen LogP contribution is 2.36. The van der Waals surface area contributed by atoms with Crippen LogP contribution in [0.15, 0.2) is 60.8 Å². The van der Waals surface area contributed by atoms with E-state index in [0.29, 0.717) is 31.7 Å². The van der Waals surface area contributed by atoms with Crippen molar-refractivity contribution < 1.29 is 14.7 Å². The smallest absolute Gasteiger partial charge is 0.317 e. The number of amides is 3. The number of anilines is 3. The lowest BCUT2D eigenvalue weighted by Gasteiger charge is -2.34. The van der Waals surface area contributed by atoms with Crippen LogP contribution in [0.5, 0.6) is 0 Å². The number of para-hydroxylation sites is 2. The average molecular weight is 530 g/mol. The van der Waals surface area contributed by atoms with Crippen LogP contribution in [0.25, 0.3) is 0 Å². The Morgan fingerprint density at radius 2 is 1.90 bits per heavy atom. The van der Waals surface area contributed by atoms with E-state index in [0.717, 1.165) is 53.5 Å². The van der Waals surface area contributed by atoms with Gasteiger partial charge in [-0.2, -0.15) is 5.10 Å². The van der Waals surface area contributed by atoms with Crippen LogP contribution in [0.2, 0.25) is 0 Å². The number of nitrogens with one attached hydrogen (secondary N) is 2. The van der Waals surface area contributed by atoms with Gasteiger partial charge in [-0.1, -0.05) is 30.4 Å². The van der Waals surface area contributed by atoms with Crippen molar-refractivity contribution in [1.29, 1.82) is 0 Å². The van der Waals surface area contributed by atoms with Gasteiger partial charge in [-0.25, -0.2) is 4.79 Å². The van der Waals surface area contributed by atoms with Gasteiger partial charge in [0.2, 0.25) is 0 Å². The lowest BCUT2D eigenvalue weighted by atomic mass is 10.0. The second kappa shape index (κ2) is 11.7. The summed E-state index contributed by atoms with van der Waals surface area (Å²) in [5.41, 5.74) is 5.13. The molecule has 39 heavy (non-hydrogen) atoms. The van der Waals surface area contributed by atoms with Gasteiger partial charge in [0.25, 0.3) is 5.91 Å². The number of aryl methyl sites for hydroxylation is 2. The topological polar surface area (TPSA) is 106 Å². The maximum Gasteiger partial charge on any atom is 0.317 e. The molecule has 1 fully saturated rings. The van der Waals surface area contributed by atoms with Crippen LogP contribution in [0.3, 0.4) is 0 Å². The molecule has 10 nitrogen and oxygen atoms in total. The number of nitrogens with zero attached hydrogens (tertiary/aromatic N) is 5. The first-order valence-corrected chi connectivity index (χ1v) is 13.2. The Labute approximate surface area is 228 Å². The Hall–Kier alpha value is -4.15. The first-order valence-electron chi connectivity index (χ1n) is 13.2. The summed E-state index contributed by atoms with van der Waals surface area (Å²) in [5, 5.41) is 19.7. The first-order chi connectivity index (χ1) is 18.9. The number of piperazine rings is 1. The minimum absolute atomic E-state index is 0.0485. The first kappa shape index (κ1) is 26.5. The van der Waals surface area contributed by atoms with E-state index in [4.69, 9.17) is 5.11 Å². The fraction of sp³-hybridized carbons (Fsp3) is 0.345. The van der Waals surface area contributed by atoms with Crippen molar-refractivity contribution in [3.63, 3.8) is 0 Å². The Kier molecular flexibility index (Phi) is 7.94. The summed E-state index contributed by atoms with van der Waals surface area (Å²) in [7, 11) is 1.88. The normalized spacial score (nSPS) is 15.5. The van der Waals surface area contributed by atoms with Crippen LogP contribution in [0.4, 0.5) is 22.0 Å². The Morgan fingerprint density at radius 3 is 2.67 bits per heavy atom. The molecule has 0 saturated carbocycles. The molecule has 0 radical (unpaired) electrons. The molecule has 10 heteroatoms. The second-order valence-electron chi connectivity index (χ2n) is 9.92. The van der Waals surface area contributed by atoms with Gasteiger partial charge >= 0.3 is 6.03 Å². The van der Waals surface area contributed by atoms with Crippen LogP contribution >= 0.6 is 0 Å². The van der Waals surface area contributed by atoms with E-state index in [1.54, 1.807) is 21.9 Å². The van der Waals surface area contributed by atoms with E-state index in [2.05, 4.69) is 20.6 Å². The molecule has 1 aromatic heterocycles. The largest absolute Gasteiger partial charge is 0.392 e.